The molecule has 2 unspecified atom stereocenters. The summed E-state index contributed by atoms with van der Waals surface area (Å²) < 4.78 is 0.799. The van der Waals surface area contributed by atoms with E-state index < -0.39 is 0 Å². The molecule has 1 aromatic carbocycles. The van der Waals surface area contributed by atoms with Crippen LogP contribution in [0.4, 0.5) is 0 Å². The number of carbonyl (C=O) groups is 1. The summed E-state index contributed by atoms with van der Waals surface area (Å²) in [6.45, 7) is 2.60. The first-order chi connectivity index (χ1) is 9.04. The van der Waals surface area contributed by atoms with E-state index in [4.69, 9.17) is 17.3 Å². The number of rotatable bonds is 2. The van der Waals surface area contributed by atoms with Crippen LogP contribution in [-0.4, -0.2) is 29.4 Å². The second kappa shape index (κ2) is 6.25. The van der Waals surface area contributed by atoms with Crippen molar-refractivity contribution in [3.8, 4) is 0 Å². The van der Waals surface area contributed by atoms with Crippen LogP contribution in [0.15, 0.2) is 22.7 Å². The second-order valence-electron chi connectivity index (χ2n) is 5.01. The van der Waals surface area contributed by atoms with E-state index in [1.165, 1.54) is 0 Å². The van der Waals surface area contributed by atoms with Gasteiger partial charge in [0.2, 0.25) is 0 Å². The van der Waals surface area contributed by atoms with Crippen molar-refractivity contribution in [2.24, 2.45) is 5.73 Å². The van der Waals surface area contributed by atoms with Crippen molar-refractivity contribution >= 4 is 33.4 Å². The molecule has 2 N–H and O–H groups in total. The molecule has 0 bridgehead atoms. The molecular formula is C14H18BrClN2O. The van der Waals surface area contributed by atoms with E-state index >= 15 is 0 Å². The minimum atomic E-state index is 0.0250. The van der Waals surface area contributed by atoms with Gasteiger partial charge >= 0.3 is 0 Å². The van der Waals surface area contributed by atoms with Gasteiger partial charge in [-0.25, -0.2) is 0 Å². The Morgan fingerprint density at radius 2 is 2.26 bits per heavy atom. The number of halogens is 2. The highest BCUT2D eigenvalue weighted by Gasteiger charge is 2.31. The number of carbonyl (C=O) groups excluding carboxylic acids is 1. The van der Waals surface area contributed by atoms with E-state index in [0.29, 0.717) is 17.1 Å². The first-order valence-electron chi connectivity index (χ1n) is 6.52. The van der Waals surface area contributed by atoms with Gasteiger partial charge in [0.15, 0.2) is 0 Å². The smallest absolute Gasteiger partial charge is 0.254 e. The highest BCUT2D eigenvalue weighted by molar-refractivity contribution is 9.10. The van der Waals surface area contributed by atoms with E-state index in [1.54, 1.807) is 12.1 Å². The quantitative estimate of drug-likeness (QED) is 0.892. The van der Waals surface area contributed by atoms with Gasteiger partial charge in [0.25, 0.3) is 5.91 Å². The van der Waals surface area contributed by atoms with Crippen LogP contribution in [0.3, 0.4) is 0 Å². The van der Waals surface area contributed by atoms with Crippen molar-refractivity contribution in [1.82, 2.24) is 4.90 Å². The fraction of sp³-hybridized carbons (Fsp3) is 0.500. The molecule has 0 aromatic heterocycles. The molecule has 1 aromatic rings. The van der Waals surface area contributed by atoms with Crippen LogP contribution in [0.1, 0.15) is 36.5 Å². The lowest BCUT2D eigenvalue weighted by molar-refractivity contribution is 0.0494. The summed E-state index contributed by atoms with van der Waals surface area (Å²) in [5, 5.41) is 0.555. The van der Waals surface area contributed by atoms with Gasteiger partial charge in [0, 0.05) is 28.7 Å². The summed E-state index contributed by atoms with van der Waals surface area (Å²) in [7, 11) is 0. The number of nitrogens with two attached hydrogens (primary N) is 1. The van der Waals surface area contributed by atoms with Crippen molar-refractivity contribution in [3.63, 3.8) is 0 Å². The fourth-order valence-electron chi connectivity index (χ4n) is 2.66. The Morgan fingerprint density at radius 3 is 2.89 bits per heavy atom. The Morgan fingerprint density at radius 1 is 1.53 bits per heavy atom. The van der Waals surface area contributed by atoms with Crippen LogP contribution in [0.25, 0.3) is 0 Å². The SMILES string of the molecule is CC1CCCC(CN)N1C(=O)c1ccc(Br)c(Cl)c1. The Bertz CT molecular complexity index is 481. The molecule has 0 spiro atoms. The average molecular weight is 346 g/mol. The minimum absolute atomic E-state index is 0.0250. The molecule has 1 amide bonds. The van der Waals surface area contributed by atoms with E-state index in [2.05, 4.69) is 22.9 Å². The largest absolute Gasteiger partial charge is 0.332 e. The van der Waals surface area contributed by atoms with Crippen LogP contribution in [0, 0.1) is 0 Å². The number of hydrogen-bond acceptors (Lipinski definition) is 2. The summed E-state index contributed by atoms with van der Waals surface area (Å²) in [6, 6.07) is 5.69. The van der Waals surface area contributed by atoms with Crippen LogP contribution in [-0.2, 0) is 0 Å². The molecule has 0 radical (unpaired) electrons. The van der Waals surface area contributed by atoms with Crippen LogP contribution >= 0.6 is 27.5 Å². The third-order valence-electron chi connectivity index (χ3n) is 3.70. The lowest BCUT2D eigenvalue weighted by Gasteiger charge is -2.40. The molecule has 1 aliphatic heterocycles. The predicted molar refractivity (Wildman–Crippen MR) is 81.5 cm³/mol. The van der Waals surface area contributed by atoms with E-state index in [-0.39, 0.29) is 18.0 Å². The number of benzene rings is 1. The molecule has 0 saturated carbocycles. The monoisotopic (exact) mass is 344 g/mol. The first-order valence-corrected chi connectivity index (χ1v) is 7.69. The van der Waals surface area contributed by atoms with Gasteiger partial charge in [-0.1, -0.05) is 11.6 Å². The number of likely N-dealkylation sites (tertiary alicyclic amines) is 1. The number of nitrogens with zero attached hydrogens (tertiary/aromatic N) is 1. The van der Waals surface area contributed by atoms with Crippen molar-refractivity contribution in [3.05, 3.63) is 33.3 Å². The summed E-state index contributed by atoms with van der Waals surface area (Å²) in [4.78, 5) is 14.6. The van der Waals surface area contributed by atoms with Gasteiger partial charge in [-0.2, -0.15) is 0 Å². The van der Waals surface area contributed by atoms with E-state index in [1.807, 2.05) is 11.0 Å². The summed E-state index contributed by atoms with van der Waals surface area (Å²) in [5.41, 5.74) is 6.42. The number of amides is 1. The Labute approximate surface area is 127 Å². The Kier molecular flexibility index (Phi) is 4.87. The molecule has 2 atom stereocenters. The minimum Gasteiger partial charge on any atom is -0.332 e. The van der Waals surface area contributed by atoms with Gasteiger partial charge in [-0.15, -0.1) is 0 Å². The van der Waals surface area contributed by atoms with Gasteiger partial charge in [0.1, 0.15) is 0 Å². The topological polar surface area (TPSA) is 46.3 Å². The molecule has 19 heavy (non-hydrogen) atoms. The molecular weight excluding hydrogens is 328 g/mol. The summed E-state index contributed by atoms with van der Waals surface area (Å²) >= 11 is 9.40. The van der Waals surface area contributed by atoms with E-state index in [0.717, 1.165) is 23.7 Å². The standard InChI is InChI=1S/C14H18BrClN2O/c1-9-3-2-4-11(8-17)18(9)14(19)10-5-6-12(15)13(16)7-10/h5-7,9,11H,2-4,8,17H2,1H3. The molecule has 3 nitrogen and oxygen atoms in total. The zero-order valence-electron chi connectivity index (χ0n) is 10.9. The molecule has 1 aliphatic rings. The highest BCUT2D eigenvalue weighted by atomic mass is 79.9. The lowest BCUT2D eigenvalue weighted by atomic mass is 9.95. The van der Waals surface area contributed by atoms with Crippen molar-refractivity contribution in [2.75, 3.05) is 6.54 Å². The highest BCUT2D eigenvalue weighted by Crippen LogP contribution is 2.27. The zero-order valence-corrected chi connectivity index (χ0v) is 13.2. The van der Waals surface area contributed by atoms with Gasteiger partial charge in [-0.05, 0) is 60.3 Å². The molecule has 1 saturated heterocycles. The predicted octanol–water partition coefficient (Wildman–Crippen LogP) is 3.44. The van der Waals surface area contributed by atoms with E-state index in [9.17, 15) is 4.79 Å². The number of hydrogen-bond donors (Lipinski definition) is 1. The van der Waals surface area contributed by atoms with Crippen LogP contribution < -0.4 is 5.73 Å². The zero-order chi connectivity index (χ0) is 14.0. The number of piperidine rings is 1. The van der Waals surface area contributed by atoms with Crippen molar-refractivity contribution < 1.29 is 4.79 Å². The van der Waals surface area contributed by atoms with Crippen LogP contribution in [0.5, 0.6) is 0 Å². The van der Waals surface area contributed by atoms with Crippen molar-refractivity contribution in [1.29, 1.82) is 0 Å². The maximum absolute atomic E-state index is 12.6. The van der Waals surface area contributed by atoms with Gasteiger partial charge in [-0.3, -0.25) is 4.79 Å². The normalized spacial score (nSPS) is 23.5. The summed E-state index contributed by atoms with van der Waals surface area (Å²) in [5.74, 6) is 0.0250. The molecule has 1 fully saturated rings. The Hall–Kier alpha value is -0.580. The lowest BCUT2D eigenvalue weighted by Crippen LogP contribution is -2.51. The van der Waals surface area contributed by atoms with Gasteiger partial charge in [0.05, 0.1) is 5.02 Å². The molecule has 1 heterocycles. The van der Waals surface area contributed by atoms with Crippen molar-refractivity contribution in [2.45, 2.75) is 38.3 Å². The maximum atomic E-state index is 12.6. The Balaban J connectivity index is 2.27. The second-order valence-corrected chi connectivity index (χ2v) is 6.27. The fourth-order valence-corrected chi connectivity index (χ4v) is 3.09. The third kappa shape index (κ3) is 3.12. The molecule has 5 heteroatoms. The first kappa shape index (κ1) is 14.8. The molecule has 0 aliphatic carbocycles. The maximum Gasteiger partial charge on any atom is 0.254 e. The summed E-state index contributed by atoms with van der Waals surface area (Å²) in [6.07, 6.45) is 3.15. The molecule has 104 valence electrons. The third-order valence-corrected chi connectivity index (χ3v) is 4.93. The van der Waals surface area contributed by atoms with Gasteiger partial charge < -0.3 is 10.6 Å². The molecule has 2 rings (SSSR count). The average Bonchev–Trinajstić information content (AvgIpc) is 2.40. The van der Waals surface area contributed by atoms with Crippen LogP contribution in [0.2, 0.25) is 5.02 Å².